The van der Waals surface area contributed by atoms with Gasteiger partial charge in [0.1, 0.15) is 9.79 Å². The number of carboxylic acids is 4. The highest BCUT2D eigenvalue weighted by Crippen LogP contribution is 2.37. The fourth-order valence-electron chi connectivity index (χ4n) is 6.64. The Hall–Kier alpha value is -9.01. The molecule has 0 saturated heterocycles. The van der Waals surface area contributed by atoms with E-state index in [2.05, 4.69) is 55.8 Å². The number of nitrogen functional groups attached to an aromatic ring is 2. The highest BCUT2D eigenvalue weighted by atomic mass is 32.2. The normalized spacial score (nSPS) is 12.5. The van der Waals surface area contributed by atoms with Crippen LogP contribution in [0, 0.1) is 0 Å². The molecule has 5 heterocycles. The van der Waals surface area contributed by atoms with Crippen LogP contribution in [-0.4, -0.2) is 121 Å². The van der Waals surface area contributed by atoms with Gasteiger partial charge in [-0.15, -0.1) is 20.5 Å². The molecule has 0 radical (unpaired) electrons. The van der Waals surface area contributed by atoms with Crippen LogP contribution in [0.25, 0.3) is 23.3 Å². The Morgan fingerprint density at radius 3 is 1.23 bits per heavy atom. The lowest BCUT2D eigenvalue weighted by atomic mass is 10.1. The smallest absolute Gasteiger partial charge is 0.335 e. The molecule has 0 aliphatic rings. The first-order chi connectivity index (χ1) is 33.8. The summed E-state index contributed by atoms with van der Waals surface area (Å²) < 4.78 is 48.8. The van der Waals surface area contributed by atoms with Crippen LogP contribution in [-0.2, 0) is 35.0 Å². The number of aryl methyl sites for hydroxylation is 2. The summed E-state index contributed by atoms with van der Waals surface area (Å²) >= 11 is -5.49. The minimum Gasteiger partial charge on any atom is -0.479 e. The Kier molecular flexibility index (Phi) is 14.5. The van der Waals surface area contributed by atoms with Crippen LogP contribution >= 0.6 is 0 Å². The van der Waals surface area contributed by atoms with E-state index >= 15 is 0 Å². The summed E-state index contributed by atoms with van der Waals surface area (Å²) in [5, 5.41) is 83.4. The predicted molar refractivity (Wildman–Crippen MR) is 243 cm³/mol. The van der Waals surface area contributed by atoms with Gasteiger partial charge >= 0.3 is 29.9 Å². The van der Waals surface area contributed by atoms with Crippen molar-refractivity contribution >= 4 is 80.7 Å². The van der Waals surface area contributed by atoms with Crippen molar-refractivity contribution in [2.24, 2.45) is 20.5 Å². The van der Waals surface area contributed by atoms with Crippen LogP contribution in [0.15, 0.2) is 79.0 Å². The van der Waals surface area contributed by atoms with Gasteiger partial charge in [-0.1, -0.05) is 26.7 Å². The molecular weight excluding hydrogens is 979 g/mol. The fraction of sp³-hybridized carbons (Fsp3) is 0.205. The van der Waals surface area contributed by atoms with Crippen LogP contribution in [0.1, 0.15) is 92.4 Å². The number of benzene rings is 2. The fourth-order valence-corrected chi connectivity index (χ4v) is 7.48. The van der Waals surface area contributed by atoms with E-state index in [1.807, 2.05) is 13.8 Å². The molecule has 2 aromatic carbocycles. The molecule has 0 saturated carbocycles. The molecule has 368 valence electrons. The Bertz CT molecular complexity index is 3120. The van der Waals surface area contributed by atoms with Crippen LogP contribution in [0.5, 0.6) is 6.01 Å². The van der Waals surface area contributed by atoms with Crippen molar-refractivity contribution in [3.63, 3.8) is 0 Å². The number of anilines is 2. The SMILES string of the molecule is CCCCc1nn(-c2nc(O)nc(-n3nc(CCCC)c(N=Nc4c(S(=O)O)cnn4-c4cc(C(=O)O)cc(C(=O)O)c4)c3N)n2)c(N)c1N=Nc1c(S(=O)O)cnn1-c1cc(C(=O)O)cc(C(=O)O)c1. The van der Waals surface area contributed by atoms with Gasteiger partial charge in [0.15, 0.2) is 56.8 Å². The van der Waals surface area contributed by atoms with Gasteiger partial charge in [-0.05, 0) is 62.1 Å². The molecule has 7 aromatic rings. The summed E-state index contributed by atoms with van der Waals surface area (Å²) in [6.45, 7) is 3.79. The average molecular weight is 1020 g/mol. The standard InChI is InChI=1S/C39H37N17O13S2/c1-3-5-7-23-27(47-49-31-25(70(66)67)15-42-53(31)21-11-17(33(57)58)9-18(12-21)34(59)60)29(40)55(51-23)37-44-38(46-39(65)45-37)56-30(41)28(24(52-56)8-6-4-2)48-50-32-26(71(68)69)16-43-54(32)22-13-19(35(61)62)10-20(14-22)36(63)64/h9-16H,3-8,40-41H2,1-2H3,(H,57,58)(H,59,60)(H,61,62)(H,63,64)(H,66,67)(H,68,69)(H,44,45,46,65). The number of aromatic carboxylic acids is 4. The van der Waals surface area contributed by atoms with E-state index in [1.54, 1.807) is 0 Å². The van der Waals surface area contributed by atoms with E-state index < -0.39 is 108 Å². The zero-order valence-electron chi connectivity index (χ0n) is 36.6. The average Bonchev–Trinajstić information content (AvgIpc) is 4.11. The zero-order valence-corrected chi connectivity index (χ0v) is 38.3. The maximum atomic E-state index is 12.4. The van der Waals surface area contributed by atoms with Gasteiger partial charge < -0.3 is 46.1 Å². The van der Waals surface area contributed by atoms with Crippen LogP contribution in [0.3, 0.4) is 0 Å². The molecule has 30 nitrogen and oxygen atoms in total. The van der Waals surface area contributed by atoms with E-state index in [1.165, 1.54) is 0 Å². The third kappa shape index (κ3) is 10.4. The van der Waals surface area contributed by atoms with E-state index in [4.69, 9.17) is 11.5 Å². The molecule has 0 aliphatic carbocycles. The van der Waals surface area contributed by atoms with Crippen LogP contribution < -0.4 is 11.5 Å². The first kappa shape index (κ1) is 49.9. The summed E-state index contributed by atoms with van der Waals surface area (Å²) in [5.74, 6) is -8.08. The number of aromatic hydroxyl groups is 1. The number of nitrogens with two attached hydrogens (primary N) is 2. The van der Waals surface area contributed by atoms with Crippen molar-refractivity contribution in [2.45, 2.75) is 62.2 Å². The molecule has 71 heavy (non-hydrogen) atoms. The molecule has 0 bridgehead atoms. The third-order valence-electron chi connectivity index (χ3n) is 10.0. The molecule has 5 aromatic heterocycles. The minimum absolute atomic E-state index is 0.104. The summed E-state index contributed by atoms with van der Waals surface area (Å²) in [5.41, 5.74) is 11.3. The first-order valence-electron chi connectivity index (χ1n) is 20.5. The second kappa shape index (κ2) is 20.7. The summed E-state index contributed by atoms with van der Waals surface area (Å²) in [6, 6.07) is 5.21. The minimum atomic E-state index is -2.74. The summed E-state index contributed by atoms with van der Waals surface area (Å²) in [4.78, 5) is 59.0. The molecule has 0 amide bonds. The molecule has 0 fully saturated rings. The second-order valence-corrected chi connectivity index (χ2v) is 16.6. The number of carbonyl (C=O) groups is 4. The number of aromatic nitrogens is 11. The highest BCUT2D eigenvalue weighted by molar-refractivity contribution is 7.79. The number of unbranched alkanes of at least 4 members (excludes halogenated alkanes) is 2. The Balaban J connectivity index is 1.32. The van der Waals surface area contributed by atoms with E-state index in [0.29, 0.717) is 25.7 Å². The lowest BCUT2D eigenvalue weighted by Gasteiger charge is -2.08. The van der Waals surface area contributed by atoms with Gasteiger partial charge in [-0.25, -0.2) is 37.0 Å². The number of rotatable bonds is 20. The number of azo groups is 2. The van der Waals surface area contributed by atoms with Gasteiger partial charge in [-0.2, -0.15) is 44.7 Å². The second-order valence-electron chi connectivity index (χ2n) is 14.8. The Morgan fingerprint density at radius 1 is 0.563 bits per heavy atom. The topological polar surface area (TPSA) is 455 Å². The molecule has 32 heteroatoms. The van der Waals surface area contributed by atoms with Gasteiger partial charge in [0.2, 0.25) is 0 Å². The molecule has 11 N–H and O–H groups in total. The number of hydrogen-bond acceptors (Lipinski definition) is 20. The number of hydrogen-bond donors (Lipinski definition) is 9. The number of carboxylic acid groups (broad SMARTS) is 4. The van der Waals surface area contributed by atoms with Crippen LogP contribution in [0.2, 0.25) is 0 Å². The van der Waals surface area contributed by atoms with E-state index in [0.717, 1.165) is 67.5 Å². The monoisotopic (exact) mass is 1020 g/mol. The van der Waals surface area contributed by atoms with Gasteiger partial charge in [0, 0.05) is 0 Å². The highest BCUT2D eigenvalue weighted by Gasteiger charge is 2.26. The maximum Gasteiger partial charge on any atom is 0.335 e. The summed E-state index contributed by atoms with van der Waals surface area (Å²) in [7, 11) is 0. The van der Waals surface area contributed by atoms with Crippen molar-refractivity contribution in [2.75, 3.05) is 11.5 Å². The quantitative estimate of drug-likeness (QED) is 0.0360. The molecular formula is C39H37N17O13S2. The van der Waals surface area contributed by atoms with E-state index in [9.17, 15) is 62.2 Å². The maximum absolute atomic E-state index is 12.4. The van der Waals surface area contributed by atoms with Crippen molar-refractivity contribution in [3.05, 3.63) is 82.4 Å². The van der Waals surface area contributed by atoms with Gasteiger partial charge in [0.25, 0.3) is 11.9 Å². The van der Waals surface area contributed by atoms with Crippen molar-refractivity contribution in [1.29, 1.82) is 0 Å². The van der Waals surface area contributed by atoms with Crippen molar-refractivity contribution in [3.8, 4) is 29.3 Å². The predicted octanol–water partition coefficient (Wildman–Crippen LogP) is 4.95. The summed E-state index contributed by atoms with van der Waals surface area (Å²) in [6.07, 6.45) is 4.74. The largest absolute Gasteiger partial charge is 0.479 e. The van der Waals surface area contributed by atoms with Gasteiger partial charge in [0.05, 0.1) is 57.4 Å². The molecule has 7 rings (SSSR count). The third-order valence-corrected chi connectivity index (χ3v) is 11.4. The Morgan fingerprint density at radius 2 is 0.915 bits per heavy atom. The zero-order chi connectivity index (χ0) is 51.4. The first-order valence-corrected chi connectivity index (χ1v) is 22.7. The lowest BCUT2D eigenvalue weighted by Crippen LogP contribution is -2.13. The Labute approximate surface area is 401 Å². The molecule has 0 aliphatic heterocycles. The molecule has 2 unspecified atom stereocenters. The molecule has 0 spiro atoms. The molecule has 2 atom stereocenters. The van der Waals surface area contributed by atoms with Gasteiger partial charge in [-0.3, -0.25) is 0 Å². The van der Waals surface area contributed by atoms with Crippen molar-refractivity contribution in [1.82, 2.24) is 54.1 Å². The number of nitrogens with zero attached hydrogens (tertiary/aromatic N) is 15. The van der Waals surface area contributed by atoms with Crippen molar-refractivity contribution < 1.29 is 62.2 Å². The van der Waals surface area contributed by atoms with E-state index in [-0.39, 0.29) is 58.6 Å². The van der Waals surface area contributed by atoms with Crippen LogP contribution in [0.4, 0.5) is 34.6 Å². The lowest BCUT2D eigenvalue weighted by molar-refractivity contribution is 0.0676.